The van der Waals surface area contributed by atoms with E-state index in [-0.39, 0.29) is 5.56 Å². The van der Waals surface area contributed by atoms with Crippen molar-refractivity contribution < 1.29 is 0 Å². The van der Waals surface area contributed by atoms with Crippen molar-refractivity contribution in [3.05, 3.63) is 58.7 Å². The standard InChI is InChI=1S/C22H26N6O/c1-26-15-25-20-11-18(5-6-19(20)22(26)29)28-9-7-27(8-10-28)14-16-12-23-21(24-13-16)17-3-2-4-17/h5-6,11-13,15,17H,2-4,7-10,14H2,1H3. The van der Waals surface area contributed by atoms with Gasteiger partial charge in [0, 0.05) is 69.3 Å². The Labute approximate surface area is 170 Å². The van der Waals surface area contributed by atoms with E-state index in [1.165, 1.54) is 29.4 Å². The maximum atomic E-state index is 12.2. The van der Waals surface area contributed by atoms with Crippen molar-refractivity contribution in [2.24, 2.45) is 7.05 Å². The predicted octanol–water partition coefficient (Wildman–Crippen LogP) is 2.31. The molecule has 0 bridgehead atoms. The summed E-state index contributed by atoms with van der Waals surface area (Å²) >= 11 is 0. The molecule has 3 aromatic rings. The number of benzene rings is 1. The van der Waals surface area contributed by atoms with Crippen LogP contribution in [0.1, 0.15) is 36.6 Å². The fraction of sp³-hybridized carbons (Fsp3) is 0.455. The Bertz CT molecular complexity index is 1060. The molecule has 5 rings (SSSR count). The number of rotatable bonds is 4. The molecule has 1 aliphatic carbocycles. The van der Waals surface area contributed by atoms with Gasteiger partial charge in [-0.2, -0.15) is 0 Å². The van der Waals surface area contributed by atoms with Gasteiger partial charge in [0.05, 0.1) is 17.2 Å². The van der Waals surface area contributed by atoms with E-state index in [9.17, 15) is 4.79 Å². The zero-order valence-electron chi connectivity index (χ0n) is 16.8. The summed E-state index contributed by atoms with van der Waals surface area (Å²) in [7, 11) is 1.73. The molecule has 1 aromatic carbocycles. The van der Waals surface area contributed by atoms with Crippen molar-refractivity contribution >= 4 is 16.6 Å². The molecule has 2 fully saturated rings. The van der Waals surface area contributed by atoms with Crippen LogP contribution < -0.4 is 10.5 Å². The highest BCUT2D eigenvalue weighted by Gasteiger charge is 2.22. The number of fused-ring (bicyclic) bond motifs is 1. The fourth-order valence-electron chi connectivity index (χ4n) is 4.14. The smallest absolute Gasteiger partial charge is 0.260 e. The highest BCUT2D eigenvalue weighted by molar-refractivity contribution is 5.81. The van der Waals surface area contributed by atoms with E-state index in [2.05, 4.69) is 24.8 Å². The van der Waals surface area contributed by atoms with Crippen molar-refractivity contribution in [2.75, 3.05) is 31.1 Å². The first-order valence-electron chi connectivity index (χ1n) is 10.4. The molecule has 1 aliphatic heterocycles. The number of aromatic nitrogens is 4. The SMILES string of the molecule is Cn1cnc2cc(N3CCN(Cc4cnc(C5CCC5)nc4)CC3)ccc2c1=O. The van der Waals surface area contributed by atoms with E-state index >= 15 is 0 Å². The lowest BCUT2D eigenvalue weighted by Gasteiger charge is -2.36. The van der Waals surface area contributed by atoms with E-state index in [1.54, 1.807) is 13.4 Å². The van der Waals surface area contributed by atoms with Crippen LogP contribution in [0.4, 0.5) is 5.69 Å². The van der Waals surface area contributed by atoms with Crippen molar-refractivity contribution in [2.45, 2.75) is 31.7 Å². The molecule has 7 nitrogen and oxygen atoms in total. The lowest BCUT2D eigenvalue weighted by Crippen LogP contribution is -2.46. The maximum Gasteiger partial charge on any atom is 0.260 e. The van der Waals surface area contributed by atoms with Gasteiger partial charge in [-0.1, -0.05) is 6.42 Å². The molecule has 3 heterocycles. The highest BCUT2D eigenvalue weighted by Crippen LogP contribution is 2.33. The van der Waals surface area contributed by atoms with Gasteiger partial charge in [0.1, 0.15) is 5.82 Å². The number of hydrogen-bond donors (Lipinski definition) is 0. The third-order valence-electron chi connectivity index (χ3n) is 6.24. The summed E-state index contributed by atoms with van der Waals surface area (Å²) in [4.78, 5) is 30.6. The van der Waals surface area contributed by atoms with Crippen LogP contribution in [0.5, 0.6) is 0 Å². The first-order chi connectivity index (χ1) is 14.2. The highest BCUT2D eigenvalue weighted by atomic mass is 16.1. The van der Waals surface area contributed by atoms with Crippen LogP contribution in [0.2, 0.25) is 0 Å². The molecular formula is C22H26N6O. The molecule has 29 heavy (non-hydrogen) atoms. The van der Waals surface area contributed by atoms with Gasteiger partial charge >= 0.3 is 0 Å². The summed E-state index contributed by atoms with van der Waals surface area (Å²) in [6.07, 6.45) is 9.38. The van der Waals surface area contributed by atoms with Gasteiger partial charge in [0.25, 0.3) is 5.56 Å². The molecule has 0 radical (unpaired) electrons. The first kappa shape index (κ1) is 18.2. The normalized spacial score (nSPS) is 18.2. The van der Waals surface area contributed by atoms with Crippen LogP contribution in [0.3, 0.4) is 0 Å². The quantitative estimate of drug-likeness (QED) is 0.681. The number of anilines is 1. The topological polar surface area (TPSA) is 67.2 Å². The molecule has 0 N–H and O–H groups in total. The third kappa shape index (κ3) is 3.62. The van der Waals surface area contributed by atoms with Crippen molar-refractivity contribution in [3.8, 4) is 0 Å². The minimum atomic E-state index is -0.00286. The fourth-order valence-corrected chi connectivity index (χ4v) is 4.14. The minimum Gasteiger partial charge on any atom is -0.369 e. The Morgan fingerprint density at radius 1 is 1.03 bits per heavy atom. The summed E-state index contributed by atoms with van der Waals surface area (Å²) in [5.74, 6) is 1.61. The Hall–Kier alpha value is -2.80. The second-order valence-corrected chi connectivity index (χ2v) is 8.20. The Kier molecular flexibility index (Phi) is 4.75. The molecule has 0 atom stereocenters. The van der Waals surface area contributed by atoms with E-state index in [0.717, 1.165) is 49.8 Å². The van der Waals surface area contributed by atoms with Crippen LogP contribution in [-0.4, -0.2) is 50.6 Å². The minimum absolute atomic E-state index is 0.00286. The lowest BCUT2D eigenvalue weighted by atomic mass is 9.85. The maximum absolute atomic E-state index is 12.2. The van der Waals surface area contributed by atoms with Crippen LogP contribution in [0.15, 0.2) is 41.7 Å². The molecular weight excluding hydrogens is 364 g/mol. The van der Waals surface area contributed by atoms with Gasteiger partial charge in [-0.05, 0) is 31.0 Å². The third-order valence-corrected chi connectivity index (χ3v) is 6.24. The average Bonchev–Trinajstić information content (AvgIpc) is 2.71. The molecule has 2 aromatic heterocycles. The van der Waals surface area contributed by atoms with Crippen molar-refractivity contribution in [1.29, 1.82) is 0 Å². The van der Waals surface area contributed by atoms with Crippen molar-refractivity contribution in [3.63, 3.8) is 0 Å². The van der Waals surface area contributed by atoms with Crippen molar-refractivity contribution in [1.82, 2.24) is 24.4 Å². The number of piperazine rings is 1. The summed E-state index contributed by atoms with van der Waals surface area (Å²) in [6, 6.07) is 5.96. The monoisotopic (exact) mass is 390 g/mol. The first-order valence-corrected chi connectivity index (χ1v) is 10.4. The molecule has 7 heteroatoms. The van der Waals surface area contributed by atoms with Gasteiger partial charge in [-0.15, -0.1) is 0 Å². The Balaban J connectivity index is 1.21. The molecule has 150 valence electrons. The number of nitrogens with zero attached hydrogens (tertiary/aromatic N) is 6. The van der Waals surface area contributed by atoms with Gasteiger partial charge in [-0.25, -0.2) is 15.0 Å². The van der Waals surface area contributed by atoms with Gasteiger partial charge in [0.15, 0.2) is 0 Å². The van der Waals surface area contributed by atoms with Crippen LogP contribution in [0.25, 0.3) is 10.9 Å². The molecule has 1 saturated heterocycles. The van der Waals surface area contributed by atoms with Gasteiger partial charge < -0.3 is 9.47 Å². The molecule has 1 saturated carbocycles. The van der Waals surface area contributed by atoms with Crippen LogP contribution in [-0.2, 0) is 13.6 Å². The second kappa shape index (κ2) is 7.55. The zero-order chi connectivity index (χ0) is 19.8. The van der Waals surface area contributed by atoms with E-state index in [1.807, 2.05) is 30.6 Å². The molecule has 0 spiro atoms. The average molecular weight is 390 g/mol. The van der Waals surface area contributed by atoms with Crippen LogP contribution >= 0.6 is 0 Å². The molecule has 0 unspecified atom stereocenters. The zero-order valence-corrected chi connectivity index (χ0v) is 16.8. The number of hydrogen-bond acceptors (Lipinski definition) is 6. The largest absolute Gasteiger partial charge is 0.369 e. The van der Waals surface area contributed by atoms with E-state index < -0.39 is 0 Å². The molecule has 2 aliphatic rings. The second-order valence-electron chi connectivity index (χ2n) is 8.20. The van der Waals surface area contributed by atoms with E-state index in [0.29, 0.717) is 11.3 Å². The van der Waals surface area contributed by atoms with Gasteiger partial charge in [-0.3, -0.25) is 9.69 Å². The Morgan fingerprint density at radius 3 is 2.48 bits per heavy atom. The lowest BCUT2D eigenvalue weighted by molar-refractivity contribution is 0.249. The summed E-state index contributed by atoms with van der Waals surface area (Å²) in [5.41, 5.74) is 3.08. The summed E-state index contributed by atoms with van der Waals surface area (Å²) in [6.45, 7) is 4.79. The summed E-state index contributed by atoms with van der Waals surface area (Å²) < 4.78 is 1.52. The Morgan fingerprint density at radius 2 is 1.79 bits per heavy atom. The van der Waals surface area contributed by atoms with Crippen LogP contribution in [0, 0.1) is 0 Å². The van der Waals surface area contributed by atoms with E-state index in [4.69, 9.17) is 0 Å². The summed E-state index contributed by atoms with van der Waals surface area (Å²) in [5, 5.41) is 0.669. The van der Waals surface area contributed by atoms with Gasteiger partial charge in [0.2, 0.25) is 0 Å². The predicted molar refractivity (Wildman–Crippen MR) is 113 cm³/mol. The number of aryl methyl sites for hydroxylation is 1. The molecule has 0 amide bonds.